The van der Waals surface area contributed by atoms with Crippen LogP contribution in [0.3, 0.4) is 0 Å². The van der Waals surface area contributed by atoms with Crippen LogP contribution in [0.2, 0.25) is 0 Å². The highest BCUT2D eigenvalue weighted by Gasteiger charge is 2.43. The van der Waals surface area contributed by atoms with Gasteiger partial charge in [-0.15, -0.1) is 11.3 Å². The van der Waals surface area contributed by atoms with E-state index in [1.54, 1.807) is 0 Å². The predicted molar refractivity (Wildman–Crippen MR) is 279 cm³/mol. The van der Waals surface area contributed by atoms with Gasteiger partial charge in [-0.05, 0) is 63.2 Å². The number of rotatable bonds is 7. The third-order valence-electron chi connectivity index (χ3n) is 13.5. The Labute approximate surface area is 389 Å². The number of nitrogens with zero attached hydrogens (tertiary/aromatic N) is 7. The first-order chi connectivity index (χ1) is 33.2. The van der Waals surface area contributed by atoms with Gasteiger partial charge in [0.25, 0.3) is 0 Å². The van der Waals surface area contributed by atoms with Crippen LogP contribution >= 0.6 is 11.3 Å². The first-order valence-corrected chi connectivity index (χ1v) is 25.3. The smallest absolute Gasteiger partial charge is 0.242 e. The van der Waals surface area contributed by atoms with Gasteiger partial charge in [0.1, 0.15) is 0 Å². The number of para-hydroxylation sites is 6. The number of hydrogen-bond acceptors (Lipinski definition) is 5. The summed E-state index contributed by atoms with van der Waals surface area (Å²) in [5, 5.41) is 10.0. The number of thiophene rings is 1. The molecule has 7 nitrogen and oxygen atoms in total. The van der Waals surface area contributed by atoms with Gasteiger partial charge in [0.2, 0.25) is 17.7 Å². The molecule has 0 aliphatic heterocycles. The van der Waals surface area contributed by atoms with E-state index >= 15 is 0 Å². The molecule has 314 valence electrons. The van der Waals surface area contributed by atoms with Crippen molar-refractivity contribution < 1.29 is 0 Å². The van der Waals surface area contributed by atoms with E-state index in [-0.39, 0.29) is 0 Å². The van der Waals surface area contributed by atoms with Crippen molar-refractivity contribution in [1.82, 2.24) is 33.5 Å². The minimum Gasteiger partial charge on any atom is -0.278 e. The SMILES string of the molecule is c1ccc([Si](c2ccccc2)(c2cccc(-c3nc(-n4c5ccccc5c5ccccc54)nc(-n4c5ccccc5n5c6ccccc6nc45)n3)c2)c2cccc3c2sc2ccccc23)cc1. The molecule has 0 aliphatic rings. The molecular weight excluding hydrogens is 855 g/mol. The topological polar surface area (TPSA) is 65.8 Å². The van der Waals surface area contributed by atoms with Crippen LogP contribution in [0.5, 0.6) is 0 Å². The van der Waals surface area contributed by atoms with Crippen LogP contribution in [0, 0.1) is 0 Å². The summed E-state index contributed by atoms with van der Waals surface area (Å²) >= 11 is 1.89. The van der Waals surface area contributed by atoms with Crippen LogP contribution in [0.25, 0.3) is 93.1 Å². The molecule has 0 amide bonds. The maximum Gasteiger partial charge on any atom is 0.242 e. The highest BCUT2D eigenvalue weighted by Crippen LogP contribution is 2.36. The Balaban J connectivity index is 1.08. The molecule has 0 saturated heterocycles. The molecule has 9 heteroatoms. The first kappa shape index (κ1) is 37.8. The highest BCUT2D eigenvalue weighted by atomic mass is 32.1. The molecule has 0 bridgehead atoms. The molecule has 0 N–H and O–H groups in total. The molecule has 0 aliphatic carbocycles. The van der Waals surface area contributed by atoms with E-state index in [9.17, 15) is 0 Å². The Kier molecular flexibility index (Phi) is 8.34. The summed E-state index contributed by atoms with van der Waals surface area (Å²) in [5.41, 5.74) is 6.83. The summed E-state index contributed by atoms with van der Waals surface area (Å²) < 4.78 is 9.10. The van der Waals surface area contributed by atoms with Gasteiger partial charge in [-0.3, -0.25) is 8.97 Å². The minimum atomic E-state index is -3.07. The monoisotopic (exact) mass is 891 g/mol. The number of hydrogen-bond donors (Lipinski definition) is 0. The van der Waals surface area contributed by atoms with Gasteiger partial charge in [0.15, 0.2) is 13.9 Å². The van der Waals surface area contributed by atoms with Gasteiger partial charge in [-0.1, -0.05) is 182 Å². The fourth-order valence-electron chi connectivity index (χ4n) is 10.6. The van der Waals surface area contributed by atoms with E-state index in [1.807, 2.05) is 17.4 Å². The second kappa shape index (κ2) is 14.8. The lowest BCUT2D eigenvalue weighted by molar-refractivity contribution is 0.885. The van der Waals surface area contributed by atoms with E-state index in [0.29, 0.717) is 17.7 Å². The minimum absolute atomic E-state index is 0.485. The maximum atomic E-state index is 5.50. The van der Waals surface area contributed by atoms with Crippen LogP contribution in [-0.2, 0) is 0 Å². The van der Waals surface area contributed by atoms with E-state index in [4.69, 9.17) is 19.9 Å². The Morgan fingerprint density at radius 1 is 0.373 bits per heavy atom. The van der Waals surface area contributed by atoms with Crippen molar-refractivity contribution in [2.45, 2.75) is 0 Å². The summed E-state index contributed by atoms with van der Waals surface area (Å²) in [6.07, 6.45) is 0. The molecule has 14 rings (SSSR count). The Hall–Kier alpha value is -8.50. The average molecular weight is 892 g/mol. The highest BCUT2D eigenvalue weighted by molar-refractivity contribution is 7.30. The third-order valence-corrected chi connectivity index (χ3v) is 19.7. The van der Waals surface area contributed by atoms with Crippen LogP contribution in [0.15, 0.2) is 224 Å². The van der Waals surface area contributed by atoms with Gasteiger partial charge < -0.3 is 0 Å². The predicted octanol–water partition coefficient (Wildman–Crippen LogP) is 11.1. The largest absolute Gasteiger partial charge is 0.278 e. The van der Waals surface area contributed by atoms with Crippen LogP contribution in [-0.4, -0.2) is 41.5 Å². The van der Waals surface area contributed by atoms with Crippen LogP contribution in [0.1, 0.15) is 0 Å². The second-order valence-corrected chi connectivity index (χ2v) is 21.9. The molecule has 0 atom stereocenters. The lowest BCUT2D eigenvalue weighted by Gasteiger charge is -2.35. The number of aromatic nitrogens is 7. The molecule has 0 radical (unpaired) electrons. The van der Waals surface area contributed by atoms with E-state index in [0.717, 1.165) is 55.2 Å². The van der Waals surface area contributed by atoms with Crippen LogP contribution < -0.4 is 20.7 Å². The second-order valence-electron chi connectivity index (χ2n) is 17.0. The zero-order valence-electron chi connectivity index (χ0n) is 35.9. The molecule has 0 saturated carbocycles. The Morgan fingerprint density at radius 2 is 0.910 bits per heavy atom. The molecular formula is C58H37N7SSi. The van der Waals surface area contributed by atoms with Crippen molar-refractivity contribution in [2.75, 3.05) is 0 Å². The number of imidazole rings is 2. The zero-order valence-corrected chi connectivity index (χ0v) is 37.7. The van der Waals surface area contributed by atoms with E-state index < -0.39 is 8.07 Å². The molecule has 9 aromatic carbocycles. The lowest BCUT2D eigenvalue weighted by atomic mass is 10.1. The molecule has 0 unspecified atom stereocenters. The summed E-state index contributed by atoms with van der Waals surface area (Å²) in [4.78, 5) is 21.7. The van der Waals surface area contributed by atoms with Gasteiger partial charge in [-0.2, -0.15) is 15.0 Å². The van der Waals surface area contributed by atoms with Gasteiger partial charge in [0.05, 0.1) is 33.1 Å². The fourth-order valence-corrected chi connectivity index (χ4v) is 17.2. The zero-order chi connectivity index (χ0) is 44.1. The van der Waals surface area contributed by atoms with Crippen molar-refractivity contribution in [2.24, 2.45) is 0 Å². The van der Waals surface area contributed by atoms with Crippen molar-refractivity contribution in [3.8, 4) is 23.3 Å². The molecule has 5 aromatic heterocycles. The van der Waals surface area contributed by atoms with E-state index in [1.165, 1.54) is 40.9 Å². The van der Waals surface area contributed by atoms with Crippen molar-refractivity contribution in [3.05, 3.63) is 224 Å². The molecule has 0 spiro atoms. The normalized spacial score (nSPS) is 12.2. The van der Waals surface area contributed by atoms with Crippen LogP contribution in [0.4, 0.5) is 0 Å². The summed E-state index contributed by atoms with van der Waals surface area (Å²) in [6, 6.07) is 80.8. The third kappa shape index (κ3) is 5.56. The molecule has 5 heterocycles. The molecule has 0 fully saturated rings. The van der Waals surface area contributed by atoms with Crippen molar-refractivity contribution in [1.29, 1.82) is 0 Å². The maximum absolute atomic E-state index is 5.50. The molecule has 14 aromatic rings. The van der Waals surface area contributed by atoms with Gasteiger partial charge >= 0.3 is 0 Å². The molecule has 67 heavy (non-hydrogen) atoms. The summed E-state index contributed by atoms with van der Waals surface area (Å²) in [6.45, 7) is 0. The standard InChI is InChI=1S/C58H37N7SSi/c1-3-20-39(21-4-1)67(40-22-5-2-6-23-40,53-36-18-28-45-44-27-9-16-35-52(44)66-54(45)53)41-24-17-19-38(37-41)55-60-56(63-47-30-11-7-25-42(47)43-26-8-12-31-48(43)63)62-57(61-55)65-51-34-15-14-33-50(51)64-49-32-13-10-29-46(49)59-58(64)65/h1-37H. The van der Waals surface area contributed by atoms with Gasteiger partial charge in [0, 0.05) is 36.5 Å². The van der Waals surface area contributed by atoms with Crippen molar-refractivity contribution in [3.63, 3.8) is 0 Å². The summed E-state index contributed by atoms with van der Waals surface area (Å²) in [7, 11) is -3.07. The van der Waals surface area contributed by atoms with Gasteiger partial charge in [-0.25, -0.2) is 9.55 Å². The Morgan fingerprint density at radius 3 is 1.63 bits per heavy atom. The Bertz CT molecular complexity index is 4150. The summed E-state index contributed by atoms with van der Waals surface area (Å²) in [5.74, 6) is 2.32. The number of benzene rings is 9. The number of fused-ring (bicyclic) bond motifs is 11. The fraction of sp³-hybridized carbons (Fsp3) is 0. The first-order valence-electron chi connectivity index (χ1n) is 22.5. The average Bonchev–Trinajstić information content (AvgIpc) is 4.15. The van der Waals surface area contributed by atoms with Crippen molar-refractivity contribution >= 4 is 110 Å². The van der Waals surface area contributed by atoms with E-state index in [2.05, 4.69) is 232 Å². The quantitative estimate of drug-likeness (QED) is 0.118. The lowest BCUT2D eigenvalue weighted by Crippen LogP contribution is -2.74.